The third kappa shape index (κ3) is 3.39. The molecule has 3 nitrogen and oxygen atoms in total. The van der Waals surface area contributed by atoms with Crippen LogP contribution in [-0.2, 0) is 4.79 Å². The molecule has 0 bridgehead atoms. The molecule has 2 saturated carbocycles. The van der Waals surface area contributed by atoms with Gasteiger partial charge in [-0.2, -0.15) is 0 Å². The summed E-state index contributed by atoms with van der Waals surface area (Å²) in [5.74, 6) is 1.23. The molecule has 4 aliphatic carbocycles. The standard InChI is InChI=1S/C29H48O3/c1-25(2)22-12-11-21-20(27(22,5)16-15-23(25)30)14-18-28(6)19(13-17-29(21,28)7)9-8-10-24(31)26(3,4)32/h19,22-23,30,32H,8-18H2,1-7H3/t19-,22?,23-,27+,28+,29-/m0/s1. The highest BCUT2D eigenvalue weighted by Crippen LogP contribution is 2.72. The Labute approximate surface area is 196 Å². The molecular weight excluding hydrogens is 396 g/mol. The topological polar surface area (TPSA) is 57.5 Å². The second kappa shape index (κ2) is 7.67. The van der Waals surface area contributed by atoms with Crippen molar-refractivity contribution in [3.8, 4) is 0 Å². The number of rotatable bonds is 5. The molecule has 0 heterocycles. The molecule has 0 aliphatic heterocycles. The Morgan fingerprint density at radius 1 is 0.969 bits per heavy atom. The van der Waals surface area contributed by atoms with Crippen LogP contribution in [0.5, 0.6) is 0 Å². The molecule has 0 amide bonds. The van der Waals surface area contributed by atoms with Gasteiger partial charge in [0.25, 0.3) is 0 Å². The Kier molecular flexibility index (Phi) is 5.86. The van der Waals surface area contributed by atoms with Crippen molar-refractivity contribution in [2.75, 3.05) is 0 Å². The largest absolute Gasteiger partial charge is 0.393 e. The molecule has 2 N–H and O–H groups in total. The summed E-state index contributed by atoms with van der Waals surface area (Å²) in [4.78, 5) is 12.2. The minimum absolute atomic E-state index is 0.00157. The predicted molar refractivity (Wildman–Crippen MR) is 130 cm³/mol. The first kappa shape index (κ1) is 24.5. The van der Waals surface area contributed by atoms with E-state index in [4.69, 9.17) is 0 Å². The molecule has 4 aliphatic rings. The fourth-order valence-corrected chi connectivity index (χ4v) is 9.07. The van der Waals surface area contributed by atoms with Crippen LogP contribution in [0.25, 0.3) is 0 Å². The second-order valence-corrected chi connectivity index (χ2v) is 13.7. The minimum Gasteiger partial charge on any atom is -0.393 e. The van der Waals surface area contributed by atoms with Crippen LogP contribution in [0.15, 0.2) is 11.1 Å². The fourth-order valence-electron chi connectivity index (χ4n) is 9.07. The maximum absolute atomic E-state index is 12.2. The normalized spacial score (nSPS) is 43.5. The van der Waals surface area contributed by atoms with Crippen LogP contribution in [-0.4, -0.2) is 27.7 Å². The first-order chi connectivity index (χ1) is 14.7. The second-order valence-electron chi connectivity index (χ2n) is 13.7. The molecule has 0 saturated heterocycles. The Morgan fingerprint density at radius 2 is 1.66 bits per heavy atom. The van der Waals surface area contributed by atoms with E-state index in [0.717, 1.165) is 25.7 Å². The number of hydrogen-bond donors (Lipinski definition) is 2. The predicted octanol–water partition coefficient (Wildman–Crippen LogP) is 6.61. The molecule has 0 aromatic carbocycles. The Hall–Kier alpha value is -0.670. The summed E-state index contributed by atoms with van der Waals surface area (Å²) in [5.41, 5.74) is 3.19. The summed E-state index contributed by atoms with van der Waals surface area (Å²) in [5, 5.41) is 20.8. The Balaban J connectivity index is 1.57. The van der Waals surface area contributed by atoms with Gasteiger partial charge in [0, 0.05) is 6.42 Å². The van der Waals surface area contributed by atoms with E-state index in [1.165, 1.54) is 38.5 Å². The minimum atomic E-state index is -1.20. The number of carbonyl (C=O) groups excluding carboxylic acids is 1. The highest BCUT2D eigenvalue weighted by atomic mass is 16.3. The van der Waals surface area contributed by atoms with E-state index in [2.05, 4.69) is 34.6 Å². The lowest BCUT2D eigenvalue weighted by atomic mass is 9.43. The molecule has 1 unspecified atom stereocenters. The number of Topliss-reactive ketones (excluding diaryl/α,β-unsaturated/α-hetero) is 1. The average Bonchev–Trinajstić information content (AvgIpc) is 2.96. The lowest BCUT2D eigenvalue weighted by molar-refractivity contribution is -0.134. The monoisotopic (exact) mass is 444 g/mol. The van der Waals surface area contributed by atoms with Crippen molar-refractivity contribution >= 4 is 5.78 Å². The van der Waals surface area contributed by atoms with Gasteiger partial charge in [-0.25, -0.2) is 0 Å². The van der Waals surface area contributed by atoms with E-state index in [-0.39, 0.29) is 28.1 Å². The highest BCUT2D eigenvalue weighted by Gasteiger charge is 2.62. The zero-order chi connectivity index (χ0) is 23.7. The van der Waals surface area contributed by atoms with Crippen molar-refractivity contribution in [1.29, 1.82) is 0 Å². The maximum Gasteiger partial charge on any atom is 0.163 e. The van der Waals surface area contributed by atoms with Crippen molar-refractivity contribution in [1.82, 2.24) is 0 Å². The van der Waals surface area contributed by atoms with E-state index in [0.29, 0.717) is 23.7 Å². The maximum atomic E-state index is 12.2. The quantitative estimate of drug-likeness (QED) is 0.469. The van der Waals surface area contributed by atoms with Gasteiger partial charge < -0.3 is 10.2 Å². The number of allylic oxidation sites excluding steroid dienone is 2. The lowest BCUT2D eigenvalue weighted by Crippen LogP contribution is -2.54. The molecule has 2 fully saturated rings. The van der Waals surface area contributed by atoms with E-state index < -0.39 is 5.60 Å². The van der Waals surface area contributed by atoms with Gasteiger partial charge in [-0.15, -0.1) is 0 Å². The number of fused-ring (bicyclic) bond motifs is 4. The van der Waals surface area contributed by atoms with Crippen molar-refractivity contribution in [3.63, 3.8) is 0 Å². The Bertz CT molecular complexity index is 802. The SMILES string of the molecule is CC(C)(O)C(=O)CCC[C@H]1CC[C@@]2(C)C3=C(CC[C@]12C)[C@@]1(C)CC[C@H](O)C(C)(C)C1CC3. The summed E-state index contributed by atoms with van der Waals surface area (Å²) >= 11 is 0. The van der Waals surface area contributed by atoms with Crippen molar-refractivity contribution in [2.24, 2.45) is 33.5 Å². The summed E-state index contributed by atoms with van der Waals surface area (Å²) in [7, 11) is 0. The van der Waals surface area contributed by atoms with Gasteiger partial charge in [0.15, 0.2) is 5.78 Å². The molecule has 32 heavy (non-hydrogen) atoms. The Morgan fingerprint density at radius 3 is 2.31 bits per heavy atom. The van der Waals surface area contributed by atoms with Crippen LogP contribution in [0.4, 0.5) is 0 Å². The van der Waals surface area contributed by atoms with Crippen LogP contribution < -0.4 is 0 Å². The number of ketones is 1. The van der Waals surface area contributed by atoms with Gasteiger partial charge in [-0.1, -0.05) is 45.8 Å². The van der Waals surface area contributed by atoms with Crippen LogP contribution >= 0.6 is 0 Å². The summed E-state index contributed by atoms with van der Waals surface area (Å²) in [6.07, 6.45) is 11.9. The highest BCUT2D eigenvalue weighted by molar-refractivity contribution is 5.86. The van der Waals surface area contributed by atoms with E-state index in [1.807, 2.05) is 0 Å². The molecule has 6 atom stereocenters. The van der Waals surface area contributed by atoms with Gasteiger partial charge >= 0.3 is 0 Å². The van der Waals surface area contributed by atoms with E-state index in [1.54, 1.807) is 25.0 Å². The van der Waals surface area contributed by atoms with Gasteiger partial charge in [-0.3, -0.25) is 4.79 Å². The zero-order valence-electron chi connectivity index (χ0n) is 21.8. The van der Waals surface area contributed by atoms with Crippen LogP contribution in [0.3, 0.4) is 0 Å². The van der Waals surface area contributed by atoms with Crippen LogP contribution in [0, 0.1) is 33.5 Å². The fraction of sp³-hybridized carbons (Fsp3) is 0.897. The van der Waals surface area contributed by atoms with Gasteiger partial charge in [-0.05, 0) is 112 Å². The van der Waals surface area contributed by atoms with Crippen molar-refractivity contribution in [3.05, 3.63) is 11.1 Å². The first-order valence-corrected chi connectivity index (χ1v) is 13.3. The van der Waals surface area contributed by atoms with Gasteiger partial charge in [0.1, 0.15) is 5.60 Å². The smallest absolute Gasteiger partial charge is 0.163 e. The third-order valence-corrected chi connectivity index (χ3v) is 11.6. The zero-order valence-corrected chi connectivity index (χ0v) is 21.8. The summed E-state index contributed by atoms with van der Waals surface area (Å²) in [6, 6.07) is 0. The molecule has 3 heteroatoms. The number of aliphatic hydroxyl groups excluding tert-OH is 1. The van der Waals surface area contributed by atoms with E-state index >= 15 is 0 Å². The molecule has 0 aromatic heterocycles. The number of hydrogen-bond acceptors (Lipinski definition) is 3. The van der Waals surface area contributed by atoms with Gasteiger partial charge in [0.2, 0.25) is 0 Å². The molecule has 0 spiro atoms. The molecule has 182 valence electrons. The molecule has 0 aromatic rings. The lowest BCUT2D eigenvalue weighted by Gasteiger charge is -2.62. The van der Waals surface area contributed by atoms with Gasteiger partial charge in [0.05, 0.1) is 6.10 Å². The average molecular weight is 445 g/mol. The van der Waals surface area contributed by atoms with E-state index in [9.17, 15) is 15.0 Å². The number of carbonyl (C=O) groups is 1. The summed E-state index contributed by atoms with van der Waals surface area (Å²) in [6.45, 7) is 15.5. The molecular formula is C29H48O3. The number of aliphatic hydroxyl groups is 2. The van der Waals surface area contributed by atoms with Crippen LogP contribution in [0.1, 0.15) is 119 Å². The summed E-state index contributed by atoms with van der Waals surface area (Å²) < 4.78 is 0. The third-order valence-electron chi connectivity index (χ3n) is 11.6. The first-order valence-electron chi connectivity index (χ1n) is 13.3. The molecule has 4 rings (SSSR count). The van der Waals surface area contributed by atoms with Crippen molar-refractivity contribution in [2.45, 2.75) is 131 Å². The molecule has 0 radical (unpaired) electrons. The van der Waals surface area contributed by atoms with Crippen molar-refractivity contribution < 1.29 is 15.0 Å². The van der Waals surface area contributed by atoms with Crippen LogP contribution in [0.2, 0.25) is 0 Å².